The summed E-state index contributed by atoms with van der Waals surface area (Å²) in [4.78, 5) is 36.5. The normalized spacial score (nSPS) is 20.5. The molecule has 22 heavy (non-hydrogen) atoms. The summed E-state index contributed by atoms with van der Waals surface area (Å²) in [6.07, 6.45) is 1.52. The number of thiophene rings is 1. The standard InChI is InChI=1S/C15H20N2O4S/c1-3-17(7-14(19)20)12-5-11(6-12)16-15(21)13-4-10(8-22-13)9(2)18/h4,8,11-12H,3,5-7H2,1-2H3,(H,16,21)(H,19,20). The van der Waals surface area contributed by atoms with Crippen LogP contribution in [0.1, 0.15) is 46.7 Å². The Morgan fingerprint density at radius 1 is 1.41 bits per heavy atom. The largest absolute Gasteiger partial charge is 0.480 e. The zero-order valence-corrected chi connectivity index (χ0v) is 13.5. The number of ketones is 1. The number of carboxylic acids is 1. The van der Waals surface area contributed by atoms with E-state index < -0.39 is 5.97 Å². The number of likely N-dealkylation sites (N-methyl/N-ethyl adjacent to an activating group) is 1. The Balaban J connectivity index is 1.82. The number of nitrogens with zero attached hydrogens (tertiary/aromatic N) is 1. The van der Waals surface area contributed by atoms with Crippen molar-refractivity contribution in [3.8, 4) is 0 Å². The number of Topliss-reactive ketones (excluding diaryl/α,β-unsaturated/α-hetero) is 1. The SMILES string of the molecule is CCN(CC(=O)O)C1CC(NC(=O)c2cc(C(C)=O)cs2)C1. The molecule has 2 N–H and O–H groups in total. The summed E-state index contributed by atoms with van der Waals surface area (Å²) in [6, 6.07) is 1.90. The molecule has 120 valence electrons. The van der Waals surface area contributed by atoms with E-state index in [2.05, 4.69) is 5.32 Å². The summed E-state index contributed by atoms with van der Waals surface area (Å²) in [7, 11) is 0. The third-order valence-corrected chi connectivity index (χ3v) is 4.87. The Bertz CT molecular complexity index is 578. The van der Waals surface area contributed by atoms with E-state index in [1.807, 2.05) is 11.8 Å². The van der Waals surface area contributed by atoms with Gasteiger partial charge in [0, 0.05) is 23.0 Å². The van der Waals surface area contributed by atoms with Gasteiger partial charge in [-0.15, -0.1) is 11.3 Å². The third-order valence-electron chi connectivity index (χ3n) is 3.94. The van der Waals surface area contributed by atoms with Gasteiger partial charge in [-0.3, -0.25) is 19.3 Å². The number of hydrogen-bond acceptors (Lipinski definition) is 5. The van der Waals surface area contributed by atoms with Crippen molar-refractivity contribution in [1.82, 2.24) is 10.2 Å². The number of carbonyl (C=O) groups is 3. The quantitative estimate of drug-likeness (QED) is 0.744. The first kappa shape index (κ1) is 16.6. The van der Waals surface area contributed by atoms with E-state index in [4.69, 9.17) is 5.11 Å². The first-order valence-corrected chi connectivity index (χ1v) is 8.14. The highest BCUT2D eigenvalue weighted by Crippen LogP contribution is 2.26. The number of hydrogen-bond donors (Lipinski definition) is 2. The molecule has 1 aliphatic rings. The summed E-state index contributed by atoms with van der Waals surface area (Å²) in [5, 5.41) is 13.5. The van der Waals surface area contributed by atoms with Crippen LogP contribution in [0.3, 0.4) is 0 Å². The topological polar surface area (TPSA) is 86.7 Å². The summed E-state index contributed by atoms with van der Waals surface area (Å²) in [5.74, 6) is -1.04. The number of aliphatic carboxylic acids is 1. The minimum absolute atomic E-state index is 0.0364. The number of carbonyl (C=O) groups excluding carboxylic acids is 2. The van der Waals surface area contributed by atoms with E-state index in [0.717, 1.165) is 12.8 Å². The van der Waals surface area contributed by atoms with E-state index in [1.54, 1.807) is 11.4 Å². The van der Waals surface area contributed by atoms with Crippen LogP contribution in [0, 0.1) is 0 Å². The van der Waals surface area contributed by atoms with Gasteiger partial charge >= 0.3 is 5.97 Å². The molecule has 1 saturated carbocycles. The molecular weight excluding hydrogens is 304 g/mol. The molecule has 0 aromatic carbocycles. The summed E-state index contributed by atoms with van der Waals surface area (Å²) >= 11 is 1.26. The highest BCUT2D eigenvalue weighted by atomic mass is 32.1. The second-order valence-corrected chi connectivity index (χ2v) is 6.42. The van der Waals surface area contributed by atoms with Crippen molar-refractivity contribution in [1.29, 1.82) is 0 Å². The van der Waals surface area contributed by atoms with Gasteiger partial charge in [-0.1, -0.05) is 6.92 Å². The van der Waals surface area contributed by atoms with Crippen LogP contribution >= 0.6 is 11.3 Å². The fraction of sp³-hybridized carbons (Fsp3) is 0.533. The van der Waals surface area contributed by atoms with Crippen molar-refractivity contribution in [2.45, 2.75) is 38.8 Å². The monoisotopic (exact) mass is 324 g/mol. The summed E-state index contributed by atoms with van der Waals surface area (Å²) in [5.41, 5.74) is 0.556. The fourth-order valence-electron chi connectivity index (χ4n) is 2.57. The fourth-order valence-corrected chi connectivity index (χ4v) is 3.42. The zero-order valence-electron chi connectivity index (χ0n) is 12.7. The van der Waals surface area contributed by atoms with E-state index in [9.17, 15) is 14.4 Å². The lowest BCUT2D eigenvalue weighted by Crippen LogP contribution is -2.54. The predicted octanol–water partition coefficient (Wildman–Crippen LogP) is 1.62. The number of amides is 1. The van der Waals surface area contributed by atoms with Crippen molar-refractivity contribution >= 4 is 29.0 Å². The highest BCUT2D eigenvalue weighted by Gasteiger charge is 2.34. The molecule has 2 rings (SSSR count). The average Bonchev–Trinajstić information content (AvgIpc) is 2.89. The molecule has 1 aliphatic carbocycles. The van der Waals surface area contributed by atoms with E-state index in [1.165, 1.54) is 18.3 Å². The lowest BCUT2D eigenvalue weighted by molar-refractivity contribution is -0.139. The van der Waals surface area contributed by atoms with E-state index in [0.29, 0.717) is 17.0 Å². The van der Waals surface area contributed by atoms with Crippen LogP contribution < -0.4 is 5.32 Å². The molecule has 0 spiro atoms. The average molecular weight is 324 g/mol. The zero-order chi connectivity index (χ0) is 16.3. The molecule has 1 fully saturated rings. The number of rotatable bonds is 7. The minimum atomic E-state index is -0.829. The van der Waals surface area contributed by atoms with Crippen LogP contribution in [-0.2, 0) is 4.79 Å². The van der Waals surface area contributed by atoms with Crippen molar-refractivity contribution in [3.63, 3.8) is 0 Å². The van der Waals surface area contributed by atoms with Crippen molar-refractivity contribution < 1.29 is 19.5 Å². The van der Waals surface area contributed by atoms with Crippen molar-refractivity contribution in [3.05, 3.63) is 21.9 Å². The number of nitrogens with one attached hydrogen (secondary N) is 1. The molecule has 1 aromatic rings. The molecule has 0 bridgehead atoms. The maximum absolute atomic E-state index is 12.1. The van der Waals surface area contributed by atoms with Gasteiger partial charge in [0.2, 0.25) is 0 Å². The van der Waals surface area contributed by atoms with Crippen LogP contribution in [0.25, 0.3) is 0 Å². The lowest BCUT2D eigenvalue weighted by atomic mass is 9.85. The molecule has 0 saturated heterocycles. The van der Waals surface area contributed by atoms with Gasteiger partial charge in [0.25, 0.3) is 5.91 Å². The minimum Gasteiger partial charge on any atom is -0.480 e. The molecule has 1 amide bonds. The number of carboxylic acid groups (broad SMARTS) is 1. The van der Waals surface area contributed by atoms with Gasteiger partial charge in [-0.2, -0.15) is 0 Å². The molecular formula is C15H20N2O4S. The molecule has 1 heterocycles. The maximum atomic E-state index is 12.1. The molecule has 6 nitrogen and oxygen atoms in total. The molecule has 1 aromatic heterocycles. The predicted molar refractivity (Wildman–Crippen MR) is 83.5 cm³/mol. The maximum Gasteiger partial charge on any atom is 0.317 e. The Labute approximate surface area is 133 Å². The first-order valence-electron chi connectivity index (χ1n) is 7.26. The lowest BCUT2D eigenvalue weighted by Gasteiger charge is -2.42. The van der Waals surface area contributed by atoms with Crippen LogP contribution in [0.2, 0.25) is 0 Å². The Kier molecular flexibility index (Phi) is 5.31. The van der Waals surface area contributed by atoms with Gasteiger partial charge in [0.1, 0.15) is 0 Å². The summed E-state index contributed by atoms with van der Waals surface area (Å²) < 4.78 is 0. The van der Waals surface area contributed by atoms with Crippen LogP contribution in [0.15, 0.2) is 11.4 Å². The Morgan fingerprint density at radius 3 is 2.59 bits per heavy atom. The van der Waals surface area contributed by atoms with Crippen LogP contribution in [0.5, 0.6) is 0 Å². The third kappa shape index (κ3) is 3.92. The molecule has 7 heteroatoms. The van der Waals surface area contributed by atoms with Crippen molar-refractivity contribution in [2.75, 3.05) is 13.1 Å². The Hall–Kier alpha value is -1.73. The van der Waals surface area contributed by atoms with Gasteiger partial charge in [0.05, 0.1) is 11.4 Å². The van der Waals surface area contributed by atoms with Gasteiger partial charge < -0.3 is 10.4 Å². The molecule has 0 aliphatic heterocycles. The summed E-state index contributed by atoms with van der Waals surface area (Å²) in [6.45, 7) is 4.13. The second-order valence-electron chi connectivity index (χ2n) is 5.51. The first-order chi connectivity index (χ1) is 10.4. The smallest absolute Gasteiger partial charge is 0.317 e. The van der Waals surface area contributed by atoms with Crippen LogP contribution in [0.4, 0.5) is 0 Å². The van der Waals surface area contributed by atoms with Crippen LogP contribution in [-0.4, -0.2) is 52.8 Å². The molecule has 0 atom stereocenters. The highest BCUT2D eigenvalue weighted by molar-refractivity contribution is 7.12. The molecule has 0 radical (unpaired) electrons. The van der Waals surface area contributed by atoms with E-state index in [-0.39, 0.29) is 30.3 Å². The van der Waals surface area contributed by atoms with Gasteiger partial charge in [-0.25, -0.2) is 0 Å². The second kappa shape index (κ2) is 7.02. The van der Waals surface area contributed by atoms with Gasteiger partial charge in [0.15, 0.2) is 5.78 Å². The van der Waals surface area contributed by atoms with E-state index >= 15 is 0 Å². The van der Waals surface area contributed by atoms with Crippen molar-refractivity contribution in [2.24, 2.45) is 0 Å². The Morgan fingerprint density at radius 2 is 2.09 bits per heavy atom. The molecule has 0 unspecified atom stereocenters. The van der Waals surface area contributed by atoms with Gasteiger partial charge in [-0.05, 0) is 32.4 Å².